The molecular formula is C13H18N2O2. The average molecular weight is 234 g/mol. The Bertz CT molecular complexity index is 400. The molecule has 92 valence electrons. The number of ether oxygens (including phenoxy) is 1. The second-order valence-corrected chi connectivity index (χ2v) is 4.33. The van der Waals surface area contributed by atoms with Crippen LogP contribution in [0.25, 0.3) is 0 Å². The third-order valence-electron chi connectivity index (χ3n) is 3.31. The van der Waals surface area contributed by atoms with Gasteiger partial charge in [0.25, 0.3) is 0 Å². The highest BCUT2D eigenvalue weighted by Crippen LogP contribution is 2.23. The van der Waals surface area contributed by atoms with E-state index < -0.39 is 0 Å². The summed E-state index contributed by atoms with van der Waals surface area (Å²) < 4.78 is 5.33. The van der Waals surface area contributed by atoms with Crippen molar-refractivity contribution in [2.24, 2.45) is 0 Å². The summed E-state index contributed by atoms with van der Waals surface area (Å²) in [5.74, 6) is 0. The lowest BCUT2D eigenvalue weighted by Gasteiger charge is -2.32. The summed E-state index contributed by atoms with van der Waals surface area (Å²) in [6, 6.07) is 5.96. The van der Waals surface area contributed by atoms with Crippen molar-refractivity contribution in [3.05, 3.63) is 29.3 Å². The molecule has 1 fully saturated rings. The predicted octanol–water partition coefficient (Wildman–Crippen LogP) is 1.47. The van der Waals surface area contributed by atoms with E-state index >= 15 is 0 Å². The van der Waals surface area contributed by atoms with Crippen molar-refractivity contribution in [2.75, 3.05) is 32.0 Å². The van der Waals surface area contributed by atoms with Gasteiger partial charge in [-0.15, -0.1) is 0 Å². The third-order valence-corrected chi connectivity index (χ3v) is 3.31. The molecule has 0 bridgehead atoms. The van der Waals surface area contributed by atoms with Crippen molar-refractivity contribution < 1.29 is 9.53 Å². The van der Waals surface area contributed by atoms with Crippen LogP contribution in [-0.4, -0.2) is 37.5 Å². The van der Waals surface area contributed by atoms with Gasteiger partial charge < -0.3 is 10.5 Å². The summed E-state index contributed by atoms with van der Waals surface area (Å²) in [5.41, 5.74) is 7.95. The van der Waals surface area contributed by atoms with E-state index in [0.717, 1.165) is 38.2 Å². The lowest BCUT2D eigenvalue weighted by atomic mass is 10.0. The van der Waals surface area contributed by atoms with E-state index in [0.29, 0.717) is 11.3 Å². The molecule has 0 radical (unpaired) electrons. The van der Waals surface area contributed by atoms with Crippen LogP contribution in [-0.2, 0) is 4.74 Å². The van der Waals surface area contributed by atoms with Crippen LogP contribution < -0.4 is 5.73 Å². The second kappa shape index (κ2) is 5.29. The van der Waals surface area contributed by atoms with Gasteiger partial charge in [-0.25, -0.2) is 0 Å². The lowest BCUT2D eigenvalue weighted by Crippen LogP contribution is -2.38. The van der Waals surface area contributed by atoms with Gasteiger partial charge in [0.15, 0.2) is 6.29 Å². The second-order valence-electron chi connectivity index (χ2n) is 4.33. The number of aldehydes is 1. The quantitative estimate of drug-likeness (QED) is 0.635. The molecule has 1 saturated heterocycles. The number of rotatable bonds is 3. The summed E-state index contributed by atoms with van der Waals surface area (Å²) in [6.45, 7) is 5.56. The van der Waals surface area contributed by atoms with Gasteiger partial charge in [-0.3, -0.25) is 9.69 Å². The standard InChI is InChI=1S/C13H18N2O2/c1-10(15-4-6-17-7-5-15)11-2-3-13(14)12(8-11)9-16/h2-3,8-10H,4-7,14H2,1H3. The van der Waals surface area contributed by atoms with Gasteiger partial charge in [-0.05, 0) is 24.6 Å². The van der Waals surface area contributed by atoms with Crippen LogP contribution in [0.5, 0.6) is 0 Å². The van der Waals surface area contributed by atoms with Gasteiger partial charge in [0.2, 0.25) is 0 Å². The molecule has 1 atom stereocenters. The zero-order valence-corrected chi connectivity index (χ0v) is 10.1. The molecule has 2 N–H and O–H groups in total. The van der Waals surface area contributed by atoms with Crippen molar-refractivity contribution in [1.29, 1.82) is 0 Å². The highest BCUT2D eigenvalue weighted by molar-refractivity contribution is 5.83. The fourth-order valence-corrected chi connectivity index (χ4v) is 2.13. The normalized spacial score (nSPS) is 18.9. The number of benzene rings is 1. The molecule has 0 aliphatic carbocycles. The SMILES string of the molecule is CC(c1ccc(N)c(C=O)c1)N1CCOCC1. The van der Waals surface area contributed by atoms with Crippen LogP contribution in [0.3, 0.4) is 0 Å². The molecule has 0 aromatic heterocycles. The summed E-state index contributed by atoms with van der Waals surface area (Å²) in [5, 5.41) is 0. The minimum Gasteiger partial charge on any atom is -0.398 e. The monoisotopic (exact) mass is 234 g/mol. The Morgan fingerprint density at radius 2 is 2.12 bits per heavy atom. The van der Waals surface area contributed by atoms with Crippen LogP contribution in [0.2, 0.25) is 0 Å². The van der Waals surface area contributed by atoms with Crippen molar-refractivity contribution in [3.8, 4) is 0 Å². The maximum atomic E-state index is 10.9. The predicted molar refractivity (Wildman–Crippen MR) is 67.0 cm³/mol. The molecule has 0 saturated carbocycles. The van der Waals surface area contributed by atoms with E-state index in [1.54, 1.807) is 6.07 Å². The topological polar surface area (TPSA) is 55.6 Å². The summed E-state index contributed by atoms with van der Waals surface area (Å²) in [4.78, 5) is 13.2. The number of carbonyl (C=O) groups is 1. The first-order valence-electron chi connectivity index (χ1n) is 5.89. The molecule has 1 heterocycles. The van der Waals surface area contributed by atoms with E-state index in [2.05, 4.69) is 11.8 Å². The van der Waals surface area contributed by atoms with E-state index in [4.69, 9.17) is 10.5 Å². The van der Waals surface area contributed by atoms with Crippen molar-refractivity contribution in [1.82, 2.24) is 4.90 Å². The first kappa shape index (κ1) is 12.1. The molecule has 0 amide bonds. The number of carbonyl (C=O) groups excluding carboxylic acids is 1. The fraction of sp³-hybridized carbons (Fsp3) is 0.462. The Morgan fingerprint density at radius 1 is 1.41 bits per heavy atom. The van der Waals surface area contributed by atoms with E-state index in [1.165, 1.54) is 0 Å². The zero-order chi connectivity index (χ0) is 12.3. The molecule has 0 spiro atoms. The number of hydrogen-bond donors (Lipinski definition) is 1. The Labute approximate surface area is 101 Å². The largest absolute Gasteiger partial charge is 0.398 e. The molecule has 17 heavy (non-hydrogen) atoms. The highest BCUT2D eigenvalue weighted by Gasteiger charge is 2.18. The van der Waals surface area contributed by atoms with Gasteiger partial charge in [0.1, 0.15) is 0 Å². The van der Waals surface area contributed by atoms with Crippen LogP contribution >= 0.6 is 0 Å². The molecule has 4 heteroatoms. The Morgan fingerprint density at radius 3 is 2.76 bits per heavy atom. The van der Waals surface area contributed by atoms with E-state index in [1.807, 2.05) is 12.1 Å². The molecule has 1 aromatic carbocycles. The number of hydrogen-bond acceptors (Lipinski definition) is 4. The molecule has 1 aliphatic heterocycles. The Kier molecular flexibility index (Phi) is 3.76. The molecule has 2 rings (SSSR count). The zero-order valence-electron chi connectivity index (χ0n) is 10.1. The fourth-order valence-electron chi connectivity index (χ4n) is 2.13. The number of nitrogens with zero attached hydrogens (tertiary/aromatic N) is 1. The Balaban J connectivity index is 2.17. The molecule has 1 unspecified atom stereocenters. The van der Waals surface area contributed by atoms with Gasteiger partial charge in [-0.2, -0.15) is 0 Å². The number of anilines is 1. The molecular weight excluding hydrogens is 216 g/mol. The first-order chi connectivity index (χ1) is 8.22. The van der Waals surface area contributed by atoms with Gasteiger partial charge in [-0.1, -0.05) is 6.07 Å². The van der Waals surface area contributed by atoms with Gasteiger partial charge in [0.05, 0.1) is 13.2 Å². The van der Waals surface area contributed by atoms with Crippen LogP contribution in [0.15, 0.2) is 18.2 Å². The minimum absolute atomic E-state index is 0.290. The van der Waals surface area contributed by atoms with Crippen molar-refractivity contribution in [2.45, 2.75) is 13.0 Å². The average Bonchev–Trinajstić information content (AvgIpc) is 2.39. The van der Waals surface area contributed by atoms with Crippen molar-refractivity contribution in [3.63, 3.8) is 0 Å². The maximum Gasteiger partial charge on any atom is 0.152 e. The molecule has 1 aliphatic rings. The Hall–Kier alpha value is -1.39. The highest BCUT2D eigenvalue weighted by atomic mass is 16.5. The van der Waals surface area contributed by atoms with E-state index in [9.17, 15) is 4.79 Å². The number of nitrogen functional groups attached to an aromatic ring is 1. The number of nitrogens with two attached hydrogens (primary N) is 1. The van der Waals surface area contributed by atoms with Gasteiger partial charge in [0, 0.05) is 30.4 Å². The third kappa shape index (κ3) is 2.65. The van der Waals surface area contributed by atoms with Crippen LogP contribution in [0.4, 0.5) is 5.69 Å². The van der Waals surface area contributed by atoms with Crippen LogP contribution in [0.1, 0.15) is 28.9 Å². The van der Waals surface area contributed by atoms with Crippen molar-refractivity contribution >= 4 is 12.0 Å². The molecule has 4 nitrogen and oxygen atoms in total. The summed E-state index contributed by atoms with van der Waals surface area (Å²) >= 11 is 0. The summed E-state index contributed by atoms with van der Waals surface area (Å²) in [6.07, 6.45) is 0.810. The van der Waals surface area contributed by atoms with Gasteiger partial charge >= 0.3 is 0 Å². The summed E-state index contributed by atoms with van der Waals surface area (Å²) in [7, 11) is 0. The van der Waals surface area contributed by atoms with Crippen LogP contribution in [0, 0.1) is 0 Å². The lowest BCUT2D eigenvalue weighted by molar-refractivity contribution is 0.0198. The first-order valence-corrected chi connectivity index (χ1v) is 5.89. The van der Waals surface area contributed by atoms with E-state index in [-0.39, 0.29) is 6.04 Å². The maximum absolute atomic E-state index is 10.9. The smallest absolute Gasteiger partial charge is 0.152 e. The minimum atomic E-state index is 0.290. The number of morpholine rings is 1. The molecule has 1 aromatic rings.